The van der Waals surface area contributed by atoms with Crippen molar-refractivity contribution < 1.29 is 9.53 Å². The highest BCUT2D eigenvalue weighted by atomic mass is 16.6. The minimum Gasteiger partial charge on any atom is -0.444 e. The Bertz CT molecular complexity index is 987. The van der Waals surface area contributed by atoms with Crippen molar-refractivity contribution >= 4 is 34.4 Å². The van der Waals surface area contributed by atoms with Gasteiger partial charge in [-0.25, -0.2) is 14.5 Å². The highest BCUT2D eigenvalue weighted by molar-refractivity contribution is 5.99. The second-order valence-corrected chi connectivity index (χ2v) is 7.07. The molecule has 0 aliphatic rings. The number of alkyl carbamates (subject to hydrolysis) is 1. The molecule has 1 N–H and O–H groups in total. The quantitative estimate of drug-likeness (QED) is 0.551. The van der Waals surface area contributed by atoms with Crippen molar-refractivity contribution in [2.24, 2.45) is 5.10 Å². The van der Waals surface area contributed by atoms with E-state index >= 15 is 0 Å². The Balaban J connectivity index is 1.77. The molecule has 0 radical (unpaired) electrons. The van der Waals surface area contributed by atoms with E-state index in [-0.39, 0.29) is 0 Å². The summed E-state index contributed by atoms with van der Waals surface area (Å²) >= 11 is 0. The molecule has 0 spiro atoms. The molecule has 0 saturated carbocycles. The number of hydrogen-bond donors (Lipinski definition) is 1. The first kappa shape index (κ1) is 18.8. The van der Waals surface area contributed by atoms with Crippen LogP contribution in [0.25, 0.3) is 22.1 Å². The number of nitrogens with one attached hydrogen (secondary N) is 1. The molecule has 3 aromatic rings. The summed E-state index contributed by atoms with van der Waals surface area (Å²) in [6, 6.07) is 3.77. The fraction of sp³-hybridized carbons (Fsp3) is 0.421. The van der Waals surface area contributed by atoms with E-state index in [1.807, 2.05) is 39.8 Å². The summed E-state index contributed by atoms with van der Waals surface area (Å²) in [7, 11) is 0. The molecule has 0 aliphatic carbocycles. The monoisotopic (exact) mass is 368 g/mol. The first-order chi connectivity index (χ1) is 12.9. The molecule has 27 heavy (non-hydrogen) atoms. The third kappa shape index (κ3) is 4.39. The molecule has 0 aromatic carbocycles. The molecule has 8 nitrogen and oxygen atoms in total. The molecule has 8 heteroatoms. The van der Waals surface area contributed by atoms with E-state index in [9.17, 15) is 4.79 Å². The largest absolute Gasteiger partial charge is 0.444 e. The molecule has 3 aromatic heterocycles. The van der Waals surface area contributed by atoms with Crippen LogP contribution >= 0.6 is 0 Å². The molecule has 0 atom stereocenters. The average molecular weight is 368 g/mol. The van der Waals surface area contributed by atoms with Crippen LogP contribution in [0.3, 0.4) is 0 Å². The van der Waals surface area contributed by atoms with Gasteiger partial charge in [0.1, 0.15) is 28.0 Å². The van der Waals surface area contributed by atoms with Crippen LogP contribution in [-0.4, -0.2) is 44.1 Å². The summed E-state index contributed by atoms with van der Waals surface area (Å²) in [5, 5.41) is 7.27. The fourth-order valence-electron chi connectivity index (χ4n) is 2.65. The Kier molecular flexibility index (Phi) is 5.34. The lowest BCUT2D eigenvalue weighted by molar-refractivity contribution is 0.0529. The van der Waals surface area contributed by atoms with E-state index in [1.165, 1.54) is 0 Å². The van der Waals surface area contributed by atoms with E-state index in [1.54, 1.807) is 23.3 Å². The third-order valence-corrected chi connectivity index (χ3v) is 3.74. The van der Waals surface area contributed by atoms with E-state index in [0.717, 1.165) is 34.3 Å². The van der Waals surface area contributed by atoms with Crippen molar-refractivity contribution in [3.05, 3.63) is 30.4 Å². The maximum absolute atomic E-state index is 11.7. The summed E-state index contributed by atoms with van der Waals surface area (Å²) in [5.74, 6) is 0.835. The van der Waals surface area contributed by atoms with Gasteiger partial charge in [0.05, 0.1) is 11.7 Å². The maximum Gasteiger partial charge on any atom is 0.407 e. The molecule has 3 heterocycles. The van der Waals surface area contributed by atoms with Crippen LogP contribution < -0.4 is 5.32 Å². The summed E-state index contributed by atoms with van der Waals surface area (Å²) in [6.07, 6.45) is 6.11. The Morgan fingerprint density at radius 3 is 2.89 bits per heavy atom. The average Bonchev–Trinajstić information content (AvgIpc) is 2.98. The molecule has 1 amide bonds. The zero-order valence-corrected chi connectivity index (χ0v) is 16.1. The molecule has 0 bridgehead atoms. The minimum absolute atomic E-state index is 0.431. The number of amides is 1. The number of nitrogens with zero attached hydrogens (tertiary/aromatic N) is 5. The van der Waals surface area contributed by atoms with Gasteiger partial charge in [-0.2, -0.15) is 5.10 Å². The van der Waals surface area contributed by atoms with E-state index in [2.05, 4.69) is 25.4 Å². The molecular formula is C19H24N6O2. The first-order valence-corrected chi connectivity index (χ1v) is 9.00. The number of imidazole rings is 1. The number of aromatic nitrogens is 4. The predicted octanol–water partition coefficient (Wildman–Crippen LogP) is 3.29. The van der Waals surface area contributed by atoms with Gasteiger partial charge in [-0.05, 0) is 32.9 Å². The van der Waals surface area contributed by atoms with Gasteiger partial charge in [0.2, 0.25) is 0 Å². The van der Waals surface area contributed by atoms with Gasteiger partial charge in [-0.3, -0.25) is 9.97 Å². The molecule has 3 rings (SSSR count). The molecule has 0 saturated heterocycles. The molecule has 0 aliphatic heterocycles. The highest BCUT2D eigenvalue weighted by Gasteiger charge is 2.15. The Morgan fingerprint density at radius 2 is 2.15 bits per heavy atom. The third-order valence-electron chi connectivity index (χ3n) is 3.74. The summed E-state index contributed by atoms with van der Waals surface area (Å²) in [4.78, 5) is 25.1. The van der Waals surface area contributed by atoms with Crippen molar-refractivity contribution in [3.63, 3.8) is 0 Å². The van der Waals surface area contributed by atoms with Crippen molar-refractivity contribution in [3.8, 4) is 0 Å². The van der Waals surface area contributed by atoms with Gasteiger partial charge in [0, 0.05) is 31.8 Å². The second-order valence-electron chi connectivity index (χ2n) is 7.07. The van der Waals surface area contributed by atoms with Gasteiger partial charge in [-0.15, -0.1) is 0 Å². The normalized spacial score (nSPS) is 12.1. The highest BCUT2D eigenvalue weighted by Crippen LogP contribution is 2.23. The van der Waals surface area contributed by atoms with Gasteiger partial charge in [0.25, 0.3) is 0 Å². The lowest BCUT2D eigenvalue weighted by Crippen LogP contribution is -2.33. The number of carbonyl (C=O) groups is 1. The summed E-state index contributed by atoms with van der Waals surface area (Å²) in [5.41, 5.74) is 2.67. The van der Waals surface area contributed by atoms with Crippen LogP contribution in [-0.2, 0) is 11.2 Å². The SMILES string of the molecule is CCc1nc2cnc3cccnc3c2n1/N=C\CCNC(=O)OC(C)(C)C. The number of carbonyl (C=O) groups excluding carboxylic acids is 1. The number of aryl methyl sites for hydroxylation is 1. The van der Waals surface area contributed by atoms with Gasteiger partial charge in [0.15, 0.2) is 0 Å². The number of pyridine rings is 2. The molecular weight excluding hydrogens is 344 g/mol. The second kappa shape index (κ2) is 7.69. The first-order valence-electron chi connectivity index (χ1n) is 9.00. The predicted molar refractivity (Wildman–Crippen MR) is 105 cm³/mol. The van der Waals surface area contributed by atoms with Crippen molar-refractivity contribution in [2.75, 3.05) is 6.54 Å². The fourth-order valence-corrected chi connectivity index (χ4v) is 2.65. The lowest BCUT2D eigenvalue weighted by Gasteiger charge is -2.19. The Labute approximate surface area is 157 Å². The van der Waals surface area contributed by atoms with Crippen LogP contribution in [0.2, 0.25) is 0 Å². The topological polar surface area (TPSA) is 94.3 Å². The van der Waals surface area contributed by atoms with Gasteiger partial charge < -0.3 is 10.1 Å². The van der Waals surface area contributed by atoms with E-state index in [4.69, 9.17) is 4.74 Å². The lowest BCUT2D eigenvalue weighted by atomic mass is 10.2. The standard InChI is InChI=1S/C19H24N6O2/c1-5-15-24-14-12-22-13-8-6-9-20-16(13)17(14)25(15)23-11-7-10-21-18(26)27-19(2,3)4/h6,8-9,11-12H,5,7,10H2,1-4H3,(H,21,26)/b23-11-. The maximum atomic E-state index is 11.7. The number of hydrogen-bond acceptors (Lipinski definition) is 6. The number of rotatable bonds is 5. The van der Waals surface area contributed by atoms with E-state index < -0.39 is 11.7 Å². The van der Waals surface area contributed by atoms with E-state index in [0.29, 0.717) is 13.0 Å². The Hall–Kier alpha value is -3.03. The van der Waals surface area contributed by atoms with Crippen LogP contribution in [0.1, 0.15) is 39.9 Å². The van der Waals surface area contributed by atoms with Crippen LogP contribution in [0, 0.1) is 0 Å². The van der Waals surface area contributed by atoms with Crippen molar-refractivity contribution in [1.82, 2.24) is 24.9 Å². The zero-order valence-electron chi connectivity index (χ0n) is 16.1. The number of fused-ring (bicyclic) bond motifs is 3. The van der Waals surface area contributed by atoms with Crippen molar-refractivity contribution in [1.29, 1.82) is 0 Å². The van der Waals surface area contributed by atoms with Crippen LogP contribution in [0.4, 0.5) is 4.79 Å². The van der Waals surface area contributed by atoms with Gasteiger partial charge >= 0.3 is 6.09 Å². The number of ether oxygens (including phenoxy) is 1. The minimum atomic E-state index is -0.508. The smallest absolute Gasteiger partial charge is 0.407 e. The molecule has 0 unspecified atom stereocenters. The van der Waals surface area contributed by atoms with Crippen LogP contribution in [0.5, 0.6) is 0 Å². The summed E-state index contributed by atoms with van der Waals surface area (Å²) in [6.45, 7) is 7.96. The van der Waals surface area contributed by atoms with Gasteiger partial charge in [-0.1, -0.05) is 6.92 Å². The molecule has 0 fully saturated rings. The molecule has 142 valence electrons. The zero-order chi connectivity index (χ0) is 19.4. The summed E-state index contributed by atoms with van der Waals surface area (Å²) < 4.78 is 7.01. The Morgan fingerprint density at radius 1 is 1.33 bits per heavy atom. The van der Waals surface area contributed by atoms with Crippen molar-refractivity contribution in [2.45, 2.75) is 46.1 Å². The van der Waals surface area contributed by atoms with Crippen LogP contribution in [0.15, 0.2) is 29.6 Å².